The van der Waals surface area contributed by atoms with Crippen molar-refractivity contribution in [1.82, 2.24) is 14.9 Å². The van der Waals surface area contributed by atoms with Crippen molar-refractivity contribution in [2.24, 2.45) is 0 Å². The molecule has 0 unspecified atom stereocenters. The molecule has 19 heavy (non-hydrogen) atoms. The number of fused-ring (bicyclic) bond motifs is 3. The largest absolute Gasteiger partial charge is 0.326 e. The summed E-state index contributed by atoms with van der Waals surface area (Å²) in [5, 5.41) is 3.70. The van der Waals surface area contributed by atoms with E-state index in [-0.39, 0.29) is 11.2 Å². The Hall–Kier alpha value is -1.55. The van der Waals surface area contributed by atoms with Gasteiger partial charge in [0.25, 0.3) is 0 Å². The summed E-state index contributed by atoms with van der Waals surface area (Å²) in [6.07, 6.45) is 4.58. The molecule has 2 fully saturated rings. The minimum absolute atomic E-state index is 0.0381. The molecule has 2 aromatic rings. The SMILES string of the molecule is C[C@@]12CC[C@@H](C[C@H](n3c(=O)[nH]c4ccccc43)C1)N2. The van der Waals surface area contributed by atoms with Gasteiger partial charge in [0.15, 0.2) is 0 Å². The van der Waals surface area contributed by atoms with Gasteiger partial charge in [0.2, 0.25) is 0 Å². The number of para-hydroxylation sites is 2. The second-order valence-electron chi connectivity index (χ2n) is 6.35. The fourth-order valence-corrected chi connectivity index (χ4v) is 4.03. The molecule has 2 aliphatic rings. The maximum Gasteiger partial charge on any atom is 0.326 e. The highest BCUT2D eigenvalue weighted by molar-refractivity contribution is 5.75. The van der Waals surface area contributed by atoms with Crippen molar-refractivity contribution in [3.8, 4) is 0 Å². The van der Waals surface area contributed by atoms with E-state index < -0.39 is 0 Å². The minimum Gasteiger partial charge on any atom is -0.309 e. The van der Waals surface area contributed by atoms with Gasteiger partial charge in [-0.1, -0.05) is 12.1 Å². The first-order valence-electron chi connectivity index (χ1n) is 7.12. The zero-order valence-electron chi connectivity index (χ0n) is 11.1. The van der Waals surface area contributed by atoms with E-state index >= 15 is 0 Å². The monoisotopic (exact) mass is 257 g/mol. The first-order chi connectivity index (χ1) is 9.15. The van der Waals surface area contributed by atoms with Crippen LogP contribution in [-0.4, -0.2) is 21.1 Å². The molecule has 1 aromatic carbocycles. The normalized spacial score (nSPS) is 33.9. The summed E-state index contributed by atoms with van der Waals surface area (Å²) in [5.74, 6) is 0. The van der Waals surface area contributed by atoms with E-state index in [0.717, 1.165) is 23.9 Å². The molecule has 4 heteroatoms. The first-order valence-corrected chi connectivity index (χ1v) is 7.12. The quantitative estimate of drug-likeness (QED) is 0.822. The van der Waals surface area contributed by atoms with Crippen LogP contribution in [-0.2, 0) is 0 Å². The lowest BCUT2D eigenvalue weighted by Crippen LogP contribution is -2.48. The third kappa shape index (κ3) is 1.66. The summed E-state index contributed by atoms with van der Waals surface area (Å²) in [6.45, 7) is 2.29. The molecule has 2 bridgehead atoms. The van der Waals surface area contributed by atoms with Crippen LogP contribution in [0.4, 0.5) is 0 Å². The number of H-pyrrole nitrogens is 1. The van der Waals surface area contributed by atoms with Gasteiger partial charge in [-0.3, -0.25) is 4.57 Å². The van der Waals surface area contributed by atoms with Crippen LogP contribution in [0.15, 0.2) is 29.1 Å². The number of aromatic amines is 1. The molecular formula is C15H19N3O. The van der Waals surface area contributed by atoms with E-state index in [0.29, 0.717) is 12.1 Å². The fourth-order valence-electron chi connectivity index (χ4n) is 4.03. The summed E-state index contributed by atoms with van der Waals surface area (Å²) >= 11 is 0. The average molecular weight is 257 g/mol. The molecule has 3 atom stereocenters. The molecule has 2 N–H and O–H groups in total. The molecule has 1 aromatic heterocycles. The van der Waals surface area contributed by atoms with Crippen LogP contribution in [0.3, 0.4) is 0 Å². The Morgan fingerprint density at radius 2 is 2.21 bits per heavy atom. The van der Waals surface area contributed by atoms with Gasteiger partial charge in [-0.15, -0.1) is 0 Å². The van der Waals surface area contributed by atoms with Crippen LogP contribution in [0, 0.1) is 0 Å². The number of benzene rings is 1. The molecule has 2 aliphatic heterocycles. The molecule has 0 amide bonds. The highest BCUT2D eigenvalue weighted by Gasteiger charge is 2.42. The van der Waals surface area contributed by atoms with Gasteiger partial charge in [-0.25, -0.2) is 4.79 Å². The molecule has 100 valence electrons. The standard InChI is InChI=1S/C15H19N3O/c1-15-7-6-10(17-15)8-11(9-15)18-13-5-3-2-4-12(13)16-14(18)19/h2-5,10-11,17H,6-9H2,1H3,(H,16,19)/t10-,11-,15+/m0/s1. The molecule has 4 nitrogen and oxygen atoms in total. The summed E-state index contributed by atoms with van der Waals surface area (Å²) in [6, 6.07) is 8.88. The number of piperidine rings is 1. The number of nitrogens with zero attached hydrogens (tertiary/aromatic N) is 1. The molecule has 0 aliphatic carbocycles. The minimum atomic E-state index is 0.0381. The molecule has 0 saturated carbocycles. The van der Waals surface area contributed by atoms with Gasteiger partial charge >= 0.3 is 5.69 Å². The van der Waals surface area contributed by atoms with Crippen molar-refractivity contribution in [3.63, 3.8) is 0 Å². The van der Waals surface area contributed by atoms with Crippen LogP contribution in [0.1, 0.15) is 38.6 Å². The van der Waals surface area contributed by atoms with Crippen LogP contribution in [0.2, 0.25) is 0 Å². The van der Waals surface area contributed by atoms with E-state index in [4.69, 9.17) is 0 Å². The second kappa shape index (κ2) is 3.73. The summed E-state index contributed by atoms with van der Waals surface area (Å²) in [7, 11) is 0. The van der Waals surface area contributed by atoms with Crippen molar-refractivity contribution >= 4 is 11.0 Å². The predicted octanol–water partition coefficient (Wildman–Crippen LogP) is 2.18. The van der Waals surface area contributed by atoms with Crippen LogP contribution >= 0.6 is 0 Å². The Bertz CT molecular complexity index is 686. The van der Waals surface area contributed by atoms with Crippen molar-refractivity contribution in [2.75, 3.05) is 0 Å². The van der Waals surface area contributed by atoms with Gasteiger partial charge in [-0.05, 0) is 44.7 Å². The maximum atomic E-state index is 12.3. The molecule has 0 spiro atoms. The lowest BCUT2D eigenvalue weighted by Gasteiger charge is -2.37. The Labute approximate surface area is 111 Å². The maximum absolute atomic E-state index is 12.3. The Morgan fingerprint density at radius 1 is 1.37 bits per heavy atom. The average Bonchev–Trinajstić information content (AvgIpc) is 2.85. The number of nitrogens with one attached hydrogen (secondary N) is 2. The van der Waals surface area contributed by atoms with Crippen molar-refractivity contribution in [1.29, 1.82) is 0 Å². The number of rotatable bonds is 1. The van der Waals surface area contributed by atoms with E-state index in [1.165, 1.54) is 12.8 Å². The number of imidazole rings is 1. The summed E-state index contributed by atoms with van der Waals surface area (Å²) < 4.78 is 1.98. The third-order valence-electron chi connectivity index (χ3n) is 4.83. The van der Waals surface area contributed by atoms with E-state index in [9.17, 15) is 4.79 Å². The van der Waals surface area contributed by atoms with Gasteiger partial charge < -0.3 is 10.3 Å². The zero-order valence-corrected chi connectivity index (χ0v) is 11.1. The van der Waals surface area contributed by atoms with Gasteiger partial charge in [0.05, 0.1) is 11.0 Å². The van der Waals surface area contributed by atoms with Crippen molar-refractivity contribution in [2.45, 2.75) is 50.2 Å². The zero-order chi connectivity index (χ0) is 13.0. The molecule has 0 radical (unpaired) electrons. The summed E-state index contributed by atoms with van der Waals surface area (Å²) in [5.41, 5.74) is 2.24. The number of hydrogen-bond acceptors (Lipinski definition) is 2. The smallest absolute Gasteiger partial charge is 0.309 e. The van der Waals surface area contributed by atoms with Crippen molar-refractivity contribution in [3.05, 3.63) is 34.7 Å². The molecular weight excluding hydrogens is 238 g/mol. The Morgan fingerprint density at radius 3 is 3.05 bits per heavy atom. The predicted molar refractivity (Wildman–Crippen MR) is 75.4 cm³/mol. The molecule has 3 heterocycles. The number of aromatic nitrogens is 2. The van der Waals surface area contributed by atoms with Gasteiger partial charge in [0.1, 0.15) is 0 Å². The highest BCUT2D eigenvalue weighted by Crippen LogP contribution is 2.40. The lowest BCUT2D eigenvalue weighted by molar-refractivity contribution is 0.227. The number of hydrogen-bond donors (Lipinski definition) is 2. The van der Waals surface area contributed by atoms with Crippen LogP contribution in [0.25, 0.3) is 11.0 Å². The van der Waals surface area contributed by atoms with Gasteiger partial charge in [0, 0.05) is 17.6 Å². The lowest BCUT2D eigenvalue weighted by atomic mass is 9.89. The fraction of sp³-hybridized carbons (Fsp3) is 0.533. The molecule has 2 saturated heterocycles. The van der Waals surface area contributed by atoms with E-state index in [1.54, 1.807) is 0 Å². The highest BCUT2D eigenvalue weighted by atomic mass is 16.1. The van der Waals surface area contributed by atoms with E-state index in [1.807, 2.05) is 28.8 Å². The topological polar surface area (TPSA) is 49.8 Å². The van der Waals surface area contributed by atoms with E-state index in [2.05, 4.69) is 17.2 Å². The summed E-state index contributed by atoms with van der Waals surface area (Å²) in [4.78, 5) is 15.2. The van der Waals surface area contributed by atoms with Crippen molar-refractivity contribution < 1.29 is 0 Å². The van der Waals surface area contributed by atoms with Crippen LogP contribution < -0.4 is 11.0 Å². The first kappa shape index (κ1) is 11.3. The third-order valence-corrected chi connectivity index (χ3v) is 4.83. The second-order valence-corrected chi connectivity index (χ2v) is 6.35. The van der Waals surface area contributed by atoms with Gasteiger partial charge in [-0.2, -0.15) is 0 Å². The molecule has 4 rings (SSSR count). The Kier molecular flexibility index (Phi) is 2.22. The van der Waals surface area contributed by atoms with Crippen LogP contribution in [0.5, 0.6) is 0 Å². The Balaban J connectivity index is 1.83.